The molecule has 3 nitrogen and oxygen atoms in total. The van der Waals surface area contributed by atoms with Gasteiger partial charge in [0.05, 0.1) is 12.7 Å². The van der Waals surface area contributed by atoms with Crippen LogP contribution in [0.2, 0.25) is 0 Å². The van der Waals surface area contributed by atoms with Crippen LogP contribution in [0.15, 0.2) is 24.3 Å². The fourth-order valence-electron chi connectivity index (χ4n) is 2.04. The van der Waals surface area contributed by atoms with Crippen LogP contribution < -0.4 is 5.32 Å². The maximum atomic E-state index is 12.8. The Kier molecular flexibility index (Phi) is 5.11. The van der Waals surface area contributed by atoms with Gasteiger partial charge in [-0.1, -0.05) is 12.1 Å². The summed E-state index contributed by atoms with van der Waals surface area (Å²) in [5.74, 6) is -0.185. The van der Waals surface area contributed by atoms with Crippen molar-refractivity contribution in [2.45, 2.75) is 31.9 Å². The molecule has 0 amide bonds. The number of nitrogens with one attached hydrogen (secondary N) is 1. The van der Waals surface area contributed by atoms with Crippen molar-refractivity contribution in [2.24, 2.45) is 0 Å². The monoisotopic (exact) mass is 253 g/mol. The molecule has 0 spiro atoms. The van der Waals surface area contributed by atoms with E-state index in [-0.39, 0.29) is 11.9 Å². The zero-order chi connectivity index (χ0) is 12.8. The molecule has 100 valence electrons. The van der Waals surface area contributed by atoms with Gasteiger partial charge in [-0.05, 0) is 37.5 Å². The molecule has 0 bridgehead atoms. The van der Waals surface area contributed by atoms with Crippen LogP contribution in [0.3, 0.4) is 0 Å². The molecule has 0 aromatic heterocycles. The Morgan fingerprint density at radius 1 is 1.39 bits per heavy atom. The molecule has 1 saturated heterocycles. The second kappa shape index (κ2) is 6.83. The van der Waals surface area contributed by atoms with Crippen molar-refractivity contribution in [1.29, 1.82) is 0 Å². The molecule has 1 aliphatic heterocycles. The third-order valence-electron chi connectivity index (χ3n) is 3.12. The van der Waals surface area contributed by atoms with Gasteiger partial charge in [0.15, 0.2) is 0 Å². The minimum atomic E-state index is -0.185. The van der Waals surface area contributed by atoms with Gasteiger partial charge in [0.1, 0.15) is 12.6 Å². The Morgan fingerprint density at radius 2 is 2.17 bits per heavy atom. The summed E-state index contributed by atoms with van der Waals surface area (Å²) < 4.78 is 23.4. The average Bonchev–Trinajstić information content (AvgIpc) is 2.40. The summed E-state index contributed by atoms with van der Waals surface area (Å²) in [4.78, 5) is 0. The van der Waals surface area contributed by atoms with E-state index in [1.807, 2.05) is 12.1 Å². The SMILES string of the molecule is CC(Cc1ccc(F)cc1)NCC1CCOCO1. The van der Waals surface area contributed by atoms with Crippen LogP contribution in [0, 0.1) is 5.82 Å². The van der Waals surface area contributed by atoms with Crippen molar-refractivity contribution in [3.63, 3.8) is 0 Å². The second-order valence-corrected chi connectivity index (χ2v) is 4.74. The molecule has 1 fully saturated rings. The zero-order valence-electron chi connectivity index (χ0n) is 10.7. The minimum Gasteiger partial charge on any atom is -0.355 e. The van der Waals surface area contributed by atoms with Crippen molar-refractivity contribution in [3.8, 4) is 0 Å². The summed E-state index contributed by atoms with van der Waals surface area (Å²) in [6.07, 6.45) is 2.08. The fraction of sp³-hybridized carbons (Fsp3) is 0.571. The van der Waals surface area contributed by atoms with Gasteiger partial charge >= 0.3 is 0 Å². The topological polar surface area (TPSA) is 30.5 Å². The van der Waals surface area contributed by atoms with Gasteiger partial charge in [-0.2, -0.15) is 0 Å². The van der Waals surface area contributed by atoms with Crippen molar-refractivity contribution in [1.82, 2.24) is 5.32 Å². The van der Waals surface area contributed by atoms with Crippen LogP contribution in [0.1, 0.15) is 18.9 Å². The molecule has 0 radical (unpaired) electrons. The normalized spacial score (nSPS) is 21.8. The van der Waals surface area contributed by atoms with E-state index >= 15 is 0 Å². The average molecular weight is 253 g/mol. The molecular formula is C14H20FNO2. The van der Waals surface area contributed by atoms with E-state index < -0.39 is 0 Å². The smallest absolute Gasteiger partial charge is 0.147 e. The molecule has 0 aliphatic carbocycles. The Balaban J connectivity index is 1.71. The molecule has 1 heterocycles. The standard InChI is InChI=1S/C14H20FNO2/c1-11(8-12-2-4-13(15)5-3-12)16-9-14-6-7-17-10-18-14/h2-5,11,14,16H,6-10H2,1H3. The van der Waals surface area contributed by atoms with E-state index in [0.717, 1.165) is 31.6 Å². The van der Waals surface area contributed by atoms with Crippen molar-refractivity contribution in [3.05, 3.63) is 35.6 Å². The summed E-state index contributed by atoms with van der Waals surface area (Å²) in [5, 5.41) is 3.44. The Morgan fingerprint density at radius 3 is 2.83 bits per heavy atom. The highest BCUT2D eigenvalue weighted by molar-refractivity contribution is 5.16. The van der Waals surface area contributed by atoms with Crippen LogP contribution in [-0.2, 0) is 15.9 Å². The van der Waals surface area contributed by atoms with Crippen LogP contribution in [-0.4, -0.2) is 32.1 Å². The van der Waals surface area contributed by atoms with Gasteiger partial charge in [-0.25, -0.2) is 4.39 Å². The first-order valence-corrected chi connectivity index (χ1v) is 6.41. The molecule has 4 heteroatoms. The van der Waals surface area contributed by atoms with E-state index in [2.05, 4.69) is 12.2 Å². The number of hydrogen-bond acceptors (Lipinski definition) is 3. The van der Waals surface area contributed by atoms with E-state index in [1.165, 1.54) is 12.1 Å². The van der Waals surface area contributed by atoms with Gasteiger partial charge in [0.2, 0.25) is 0 Å². The lowest BCUT2D eigenvalue weighted by molar-refractivity contribution is -0.137. The van der Waals surface area contributed by atoms with Crippen LogP contribution >= 0.6 is 0 Å². The molecular weight excluding hydrogens is 233 g/mol. The number of ether oxygens (including phenoxy) is 2. The van der Waals surface area contributed by atoms with Gasteiger partial charge in [0.25, 0.3) is 0 Å². The summed E-state index contributed by atoms with van der Waals surface area (Å²) in [6.45, 7) is 4.14. The zero-order valence-corrected chi connectivity index (χ0v) is 10.7. The number of hydrogen-bond donors (Lipinski definition) is 1. The predicted octanol–water partition coefficient (Wildman–Crippen LogP) is 2.11. The summed E-state index contributed by atoms with van der Waals surface area (Å²) in [5.41, 5.74) is 1.14. The largest absolute Gasteiger partial charge is 0.355 e. The molecule has 0 saturated carbocycles. The molecule has 2 atom stereocenters. The second-order valence-electron chi connectivity index (χ2n) is 4.74. The third kappa shape index (κ3) is 4.37. The molecule has 1 aliphatic rings. The highest BCUT2D eigenvalue weighted by Crippen LogP contribution is 2.08. The molecule has 1 N–H and O–H groups in total. The summed E-state index contributed by atoms with van der Waals surface area (Å²) in [6, 6.07) is 7.02. The third-order valence-corrected chi connectivity index (χ3v) is 3.12. The number of benzene rings is 1. The molecule has 1 aromatic carbocycles. The predicted molar refractivity (Wildman–Crippen MR) is 67.9 cm³/mol. The molecule has 18 heavy (non-hydrogen) atoms. The Labute approximate surface area is 107 Å². The number of rotatable bonds is 5. The number of halogens is 1. The van der Waals surface area contributed by atoms with Crippen LogP contribution in [0.25, 0.3) is 0 Å². The van der Waals surface area contributed by atoms with Crippen molar-refractivity contribution < 1.29 is 13.9 Å². The van der Waals surface area contributed by atoms with Crippen molar-refractivity contribution >= 4 is 0 Å². The highest BCUT2D eigenvalue weighted by atomic mass is 19.1. The summed E-state index contributed by atoms with van der Waals surface area (Å²) >= 11 is 0. The van der Waals surface area contributed by atoms with Gasteiger partial charge in [-0.15, -0.1) is 0 Å². The summed E-state index contributed by atoms with van der Waals surface area (Å²) in [7, 11) is 0. The molecule has 2 unspecified atom stereocenters. The maximum absolute atomic E-state index is 12.8. The Bertz CT molecular complexity index is 349. The lowest BCUT2D eigenvalue weighted by atomic mass is 10.1. The van der Waals surface area contributed by atoms with Crippen LogP contribution in [0.5, 0.6) is 0 Å². The van der Waals surface area contributed by atoms with E-state index in [9.17, 15) is 4.39 Å². The van der Waals surface area contributed by atoms with Gasteiger partial charge < -0.3 is 14.8 Å². The first-order chi connectivity index (χ1) is 8.74. The fourth-order valence-corrected chi connectivity index (χ4v) is 2.04. The van der Waals surface area contributed by atoms with E-state index in [4.69, 9.17) is 9.47 Å². The van der Waals surface area contributed by atoms with E-state index in [0.29, 0.717) is 12.8 Å². The lowest BCUT2D eigenvalue weighted by Gasteiger charge is -2.24. The van der Waals surface area contributed by atoms with Crippen LogP contribution in [0.4, 0.5) is 4.39 Å². The first kappa shape index (κ1) is 13.5. The Hall–Kier alpha value is -0.970. The van der Waals surface area contributed by atoms with Crippen molar-refractivity contribution in [2.75, 3.05) is 19.9 Å². The van der Waals surface area contributed by atoms with Gasteiger partial charge in [-0.3, -0.25) is 0 Å². The molecule has 1 aromatic rings. The lowest BCUT2D eigenvalue weighted by Crippen LogP contribution is -2.38. The first-order valence-electron chi connectivity index (χ1n) is 6.41. The van der Waals surface area contributed by atoms with E-state index in [1.54, 1.807) is 0 Å². The quantitative estimate of drug-likeness (QED) is 0.872. The minimum absolute atomic E-state index is 0.185. The molecule has 2 rings (SSSR count). The van der Waals surface area contributed by atoms with Gasteiger partial charge in [0, 0.05) is 12.6 Å². The maximum Gasteiger partial charge on any atom is 0.147 e. The highest BCUT2D eigenvalue weighted by Gasteiger charge is 2.14.